The van der Waals surface area contributed by atoms with Crippen LogP contribution < -0.4 is 0 Å². The first-order chi connectivity index (χ1) is 8.52. The highest BCUT2D eigenvalue weighted by Crippen LogP contribution is 2.25. The summed E-state index contributed by atoms with van der Waals surface area (Å²) in [6.45, 7) is 4.60. The van der Waals surface area contributed by atoms with Crippen LogP contribution in [0.25, 0.3) is 0 Å². The van der Waals surface area contributed by atoms with Gasteiger partial charge in [-0.25, -0.2) is 0 Å². The number of aliphatic hydroxyl groups excluding tert-OH is 1. The lowest BCUT2D eigenvalue weighted by atomic mass is 10.1. The number of aromatic nitrogens is 4. The normalized spacial score (nSPS) is 12.9. The highest BCUT2D eigenvalue weighted by atomic mass is 35.5. The summed E-state index contributed by atoms with van der Waals surface area (Å²) in [5.74, 6) is 0. The van der Waals surface area contributed by atoms with E-state index < -0.39 is 6.10 Å². The molecule has 0 saturated heterocycles. The van der Waals surface area contributed by atoms with Crippen LogP contribution in [0.5, 0.6) is 0 Å². The van der Waals surface area contributed by atoms with E-state index >= 15 is 0 Å². The van der Waals surface area contributed by atoms with Crippen molar-refractivity contribution < 1.29 is 5.11 Å². The molecule has 0 aromatic carbocycles. The van der Waals surface area contributed by atoms with Crippen molar-refractivity contribution in [3.8, 4) is 0 Å². The Morgan fingerprint density at radius 2 is 2.17 bits per heavy atom. The molecule has 1 unspecified atom stereocenters. The third kappa shape index (κ3) is 2.42. The zero-order chi connectivity index (χ0) is 13.3. The number of aryl methyl sites for hydroxylation is 3. The molecule has 0 aliphatic carbocycles. The van der Waals surface area contributed by atoms with Crippen LogP contribution >= 0.6 is 11.6 Å². The number of nitrogens with zero attached hydrogens (tertiary/aromatic N) is 4. The maximum absolute atomic E-state index is 10.2. The molecular weight excluding hydrogens is 252 g/mol. The second kappa shape index (κ2) is 5.12. The molecule has 0 radical (unpaired) electrons. The Morgan fingerprint density at radius 1 is 1.44 bits per heavy atom. The summed E-state index contributed by atoms with van der Waals surface area (Å²) >= 11 is 6.21. The molecule has 0 spiro atoms. The zero-order valence-corrected chi connectivity index (χ0v) is 11.5. The van der Waals surface area contributed by atoms with Gasteiger partial charge in [-0.15, -0.1) is 0 Å². The fourth-order valence-electron chi connectivity index (χ4n) is 1.96. The Hall–Kier alpha value is -1.33. The van der Waals surface area contributed by atoms with Crippen molar-refractivity contribution >= 4 is 11.6 Å². The lowest BCUT2D eigenvalue weighted by Gasteiger charge is -2.10. The predicted molar refractivity (Wildman–Crippen MR) is 69.5 cm³/mol. The van der Waals surface area contributed by atoms with Crippen LogP contribution in [0.3, 0.4) is 0 Å². The Kier molecular flexibility index (Phi) is 3.73. The van der Waals surface area contributed by atoms with Gasteiger partial charge in [0.25, 0.3) is 0 Å². The van der Waals surface area contributed by atoms with Crippen LogP contribution in [0.15, 0.2) is 12.3 Å². The second-order valence-electron chi connectivity index (χ2n) is 4.30. The Labute approximate surface area is 111 Å². The molecule has 18 heavy (non-hydrogen) atoms. The lowest BCUT2D eigenvalue weighted by Crippen LogP contribution is -2.09. The highest BCUT2D eigenvalue weighted by molar-refractivity contribution is 6.31. The molecule has 5 nitrogen and oxygen atoms in total. The molecule has 2 aromatic heterocycles. The predicted octanol–water partition coefficient (Wildman–Crippen LogP) is 1.87. The summed E-state index contributed by atoms with van der Waals surface area (Å²) in [7, 11) is 1.82. The molecule has 98 valence electrons. The van der Waals surface area contributed by atoms with Gasteiger partial charge in [0.15, 0.2) is 0 Å². The van der Waals surface area contributed by atoms with E-state index in [1.54, 1.807) is 10.7 Å². The van der Waals surface area contributed by atoms with Crippen LogP contribution in [0.1, 0.15) is 30.1 Å². The summed E-state index contributed by atoms with van der Waals surface area (Å²) in [5, 5.41) is 19.3. The molecule has 0 bridgehead atoms. The van der Waals surface area contributed by atoms with Crippen molar-refractivity contribution in [1.82, 2.24) is 19.6 Å². The topological polar surface area (TPSA) is 55.9 Å². The summed E-state index contributed by atoms with van der Waals surface area (Å²) in [6.07, 6.45) is 1.57. The number of rotatable bonds is 4. The molecule has 2 heterocycles. The van der Waals surface area contributed by atoms with E-state index in [0.29, 0.717) is 17.1 Å². The highest BCUT2D eigenvalue weighted by Gasteiger charge is 2.18. The smallest absolute Gasteiger partial charge is 0.103 e. The Bertz CT molecular complexity index is 546. The van der Waals surface area contributed by atoms with Gasteiger partial charge in [0.1, 0.15) is 6.10 Å². The largest absolute Gasteiger partial charge is 0.386 e. The third-order valence-corrected chi connectivity index (χ3v) is 3.41. The molecule has 1 N–H and O–H groups in total. The van der Waals surface area contributed by atoms with Gasteiger partial charge in [0.2, 0.25) is 0 Å². The van der Waals surface area contributed by atoms with Gasteiger partial charge >= 0.3 is 0 Å². The van der Waals surface area contributed by atoms with Gasteiger partial charge in [-0.3, -0.25) is 9.36 Å². The summed E-state index contributed by atoms with van der Waals surface area (Å²) in [4.78, 5) is 0. The van der Waals surface area contributed by atoms with Crippen molar-refractivity contribution in [3.63, 3.8) is 0 Å². The maximum Gasteiger partial charge on any atom is 0.103 e. The molecule has 1 atom stereocenters. The fourth-order valence-corrected chi connectivity index (χ4v) is 2.17. The number of halogens is 1. The summed E-state index contributed by atoms with van der Waals surface area (Å²) in [5.41, 5.74) is 2.30. The van der Waals surface area contributed by atoms with E-state index in [1.165, 1.54) is 0 Å². The average Bonchev–Trinajstić information content (AvgIpc) is 2.88. The van der Waals surface area contributed by atoms with Gasteiger partial charge < -0.3 is 5.11 Å². The summed E-state index contributed by atoms with van der Waals surface area (Å²) in [6, 6.07) is 1.80. The van der Waals surface area contributed by atoms with Gasteiger partial charge in [0.05, 0.1) is 22.1 Å². The molecule has 2 aromatic rings. The first-order valence-corrected chi connectivity index (χ1v) is 6.30. The number of hydrogen-bond acceptors (Lipinski definition) is 3. The monoisotopic (exact) mass is 268 g/mol. The first kappa shape index (κ1) is 13.1. The SMILES string of the molecule is CCn1nc(C)c(Cl)c1CC(O)c1ccn(C)n1. The van der Waals surface area contributed by atoms with Crippen LogP contribution in [0.2, 0.25) is 5.02 Å². The quantitative estimate of drug-likeness (QED) is 0.921. The minimum atomic E-state index is -0.662. The number of aliphatic hydroxyl groups is 1. The molecule has 0 aliphatic rings. The second-order valence-corrected chi connectivity index (χ2v) is 4.67. The first-order valence-electron chi connectivity index (χ1n) is 5.92. The molecule has 0 fully saturated rings. The lowest BCUT2D eigenvalue weighted by molar-refractivity contribution is 0.170. The molecule has 6 heteroatoms. The van der Waals surface area contributed by atoms with E-state index in [4.69, 9.17) is 11.6 Å². The molecule has 2 rings (SSSR count). The third-order valence-electron chi connectivity index (χ3n) is 2.92. The maximum atomic E-state index is 10.2. The van der Waals surface area contributed by atoms with Gasteiger partial charge in [-0.05, 0) is 19.9 Å². The minimum absolute atomic E-state index is 0.421. The number of hydrogen-bond donors (Lipinski definition) is 1. The molecular formula is C12H17ClN4O. The molecule has 0 saturated carbocycles. The van der Waals surface area contributed by atoms with Crippen LogP contribution in [-0.4, -0.2) is 24.7 Å². The van der Waals surface area contributed by atoms with E-state index in [-0.39, 0.29) is 0 Å². The van der Waals surface area contributed by atoms with Crippen molar-refractivity contribution in [2.45, 2.75) is 32.9 Å². The van der Waals surface area contributed by atoms with Gasteiger partial charge in [0, 0.05) is 26.2 Å². The standard InChI is InChI=1S/C12H17ClN4O/c1-4-17-10(12(13)8(2)14-17)7-11(18)9-5-6-16(3)15-9/h5-6,11,18H,4,7H2,1-3H3. The van der Waals surface area contributed by atoms with Crippen molar-refractivity contribution in [2.24, 2.45) is 7.05 Å². The zero-order valence-electron chi connectivity index (χ0n) is 10.8. The van der Waals surface area contributed by atoms with Crippen LogP contribution in [-0.2, 0) is 20.0 Å². The van der Waals surface area contributed by atoms with E-state index in [2.05, 4.69) is 10.2 Å². The Morgan fingerprint density at radius 3 is 2.72 bits per heavy atom. The van der Waals surface area contributed by atoms with E-state index in [0.717, 1.165) is 17.9 Å². The van der Waals surface area contributed by atoms with Crippen LogP contribution in [0.4, 0.5) is 0 Å². The molecule has 0 aliphatic heterocycles. The average molecular weight is 269 g/mol. The van der Waals surface area contributed by atoms with Gasteiger partial charge in [-0.1, -0.05) is 11.6 Å². The summed E-state index contributed by atoms with van der Waals surface area (Å²) < 4.78 is 3.49. The van der Waals surface area contributed by atoms with Gasteiger partial charge in [-0.2, -0.15) is 10.2 Å². The van der Waals surface area contributed by atoms with E-state index in [9.17, 15) is 5.11 Å². The van der Waals surface area contributed by atoms with Crippen LogP contribution in [0, 0.1) is 6.92 Å². The Balaban J connectivity index is 2.23. The minimum Gasteiger partial charge on any atom is -0.386 e. The molecule has 0 amide bonds. The van der Waals surface area contributed by atoms with Crippen molar-refractivity contribution in [1.29, 1.82) is 0 Å². The fraction of sp³-hybridized carbons (Fsp3) is 0.500. The van der Waals surface area contributed by atoms with Crippen molar-refractivity contribution in [2.75, 3.05) is 0 Å². The van der Waals surface area contributed by atoms with E-state index in [1.807, 2.05) is 31.8 Å². The van der Waals surface area contributed by atoms with Crippen molar-refractivity contribution in [3.05, 3.63) is 34.4 Å².